The first kappa shape index (κ1) is 18.8. The Morgan fingerprint density at radius 3 is 2.59 bits per heavy atom. The molecule has 2 N–H and O–H groups in total. The van der Waals surface area contributed by atoms with Crippen LogP contribution in [0.4, 0.5) is 5.69 Å². The summed E-state index contributed by atoms with van der Waals surface area (Å²) in [5.74, 6) is 0.444. The number of thioether (sulfide) groups is 1. The van der Waals surface area contributed by atoms with Gasteiger partial charge >= 0.3 is 0 Å². The standard InChI is InChI=1S/C20H20N4O2S/c1-12-7-9-15(10-8-12)18-22-20(24-23-18)27-14(3)19(26)21-17-6-4-5-16(11-17)13(2)25/h4-11,14H,1-3H3,(H,21,26)(H,22,23,24)/t14-/m0/s1. The molecular weight excluding hydrogens is 360 g/mol. The normalized spacial score (nSPS) is 11.8. The Hall–Kier alpha value is -2.93. The van der Waals surface area contributed by atoms with Gasteiger partial charge in [0.1, 0.15) is 0 Å². The van der Waals surface area contributed by atoms with Crippen LogP contribution in [0, 0.1) is 6.92 Å². The van der Waals surface area contributed by atoms with Gasteiger partial charge in [0.15, 0.2) is 11.6 Å². The van der Waals surface area contributed by atoms with Crippen molar-refractivity contribution in [2.45, 2.75) is 31.2 Å². The van der Waals surface area contributed by atoms with Gasteiger partial charge in [0, 0.05) is 16.8 Å². The first-order valence-electron chi connectivity index (χ1n) is 8.50. The van der Waals surface area contributed by atoms with Crippen LogP contribution >= 0.6 is 11.8 Å². The lowest BCUT2D eigenvalue weighted by molar-refractivity contribution is -0.115. The van der Waals surface area contributed by atoms with E-state index in [-0.39, 0.29) is 11.7 Å². The highest BCUT2D eigenvalue weighted by Gasteiger charge is 2.18. The molecule has 0 saturated heterocycles. The second-order valence-electron chi connectivity index (χ2n) is 6.22. The molecule has 0 fully saturated rings. The van der Waals surface area contributed by atoms with Gasteiger partial charge in [0.25, 0.3) is 0 Å². The van der Waals surface area contributed by atoms with Crippen LogP contribution in [0.3, 0.4) is 0 Å². The Balaban J connectivity index is 1.64. The van der Waals surface area contributed by atoms with Crippen LogP contribution < -0.4 is 5.32 Å². The zero-order valence-electron chi connectivity index (χ0n) is 15.3. The number of carbonyl (C=O) groups excluding carboxylic acids is 2. The van der Waals surface area contributed by atoms with Crippen LogP contribution in [0.25, 0.3) is 11.4 Å². The minimum atomic E-state index is -0.396. The van der Waals surface area contributed by atoms with Crippen molar-refractivity contribution < 1.29 is 9.59 Å². The van der Waals surface area contributed by atoms with E-state index in [0.29, 0.717) is 22.2 Å². The van der Waals surface area contributed by atoms with Crippen molar-refractivity contribution in [2.24, 2.45) is 0 Å². The summed E-state index contributed by atoms with van der Waals surface area (Å²) < 4.78 is 0. The Labute approximate surface area is 161 Å². The fourth-order valence-corrected chi connectivity index (χ4v) is 3.14. The van der Waals surface area contributed by atoms with E-state index in [1.54, 1.807) is 31.2 Å². The van der Waals surface area contributed by atoms with E-state index in [1.807, 2.05) is 31.2 Å². The maximum absolute atomic E-state index is 12.4. The number of hydrogen-bond acceptors (Lipinski definition) is 5. The third-order valence-electron chi connectivity index (χ3n) is 3.98. The number of rotatable bonds is 6. The summed E-state index contributed by atoms with van der Waals surface area (Å²) >= 11 is 1.27. The van der Waals surface area contributed by atoms with E-state index < -0.39 is 5.25 Å². The van der Waals surface area contributed by atoms with Crippen molar-refractivity contribution >= 4 is 29.1 Å². The number of aromatic amines is 1. The molecule has 0 spiro atoms. The number of aromatic nitrogens is 3. The summed E-state index contributed by atoms with van der Waals surface area (Å²) in [6.45, 7) is 5.31. The third-order valence-corrected chi connectivity index (χ3v) is 4.94. The lowest BCUT2D eigenvalue weighted by Gasteiger charge is -2.10. The highest BCUT2D eigenvalue weighted by molar-refractivity contribution is 8.00. The predicted octanol–water partition coefficient (Wildman–Crippen LogP) is 4.10. The van der Waals surface area contributed by atoms with Gasteiger partial charge < -0.3 is 5.32 Å². The molecule has 0 aliphatic carbocycles. The molecule has 0 unspecified atom stereocenters. The Morgan fingerprint density at radius 1 is 1.15 bits per heavy atom. The summed E-state index contributed by atoms with van der Waals surface area (Å²) in [5.41, 5.74) is 3.27. The number of H-pyrrole nitrogens is 1. The number of aryl methyl sites for hydroxylation is 1. The molecule has 1 aromatic heterocycles. The highest BCUT2D eigenvalue weighted by atomic mass is 32.2. The van der Waals surface area contributed by atoms with Crippen LogP contribution in [0.5, 0.6) is 0 Å². The van der Waals surface area contributed by atoms with Crippen molar-refractivity contribution in [2.75, 3.05) is 5.32 Å². The van der Waals surface area contributed by atoms with Crippen LogP contribution in [0.2, 0.25) is 0 Å². The molecule has 138 valence electrons. The molecule has 1 amide bonds. The van der Waals surface area contributed by atoms with E-state index >= 15 is 0 Å². The fraction of sp³-hybridized carbons (Fsp3) is 0.200. The summed E-state index contributed by atoms with van der Waals surface area (Å²) in [7, 11) is 0. The first-order chi connectivity index (χ1) is 12.9. The molecule has 27 heavy (non-hydrogen) atoms. The number of carbonyl (C=O) groups is 2. The van der Waals surface area contributed by atoms with Crippen molar-refractivity contribution in [3.8, 4) is 11.4 Å². The third kappa shape index (κ3) is 4.83. The largest absolute Gasteiger partial charge is 0.325 e. The van der Waals surface area contributed by atoms with Crippen molar-refractivity contribution in [3.05, 3.63) is 59.7 Å². The van der Waals surface area contributed by atoms with E-state index in [4.69, 9.17) is 0 Å². The smallest absolute Gasteiger partial charge is 0.237 e. The maximum Gasteiger partial charge on any atom is 0.237 e. The average molecular weight is 380 g/mol. The molecule has 3 aromatic rings. The summed E-state index contributed by atoms with van der Waals surface area (Å²) in [6.07, 6.45) is 0. The Bertz CT molecular complexity index is 966. The van der Waals surface area contributed by atoms with Crippen molar-refractivity contribution in [3.63, 3.8) is 0 Å². The molecule has 7 heteroatoms. The summed E-state index contributed by atoms with van der Waals surface area (Å²) in [5, 5.41) is 10.0. The molecule has 2 aromatic carbocycles. The molecule has 6 nitrogen and oxygen atoms in total. The van der Waals surface area contributed by atoms with E-state index in [1.165, 1.54) is 24.2 Å². The number of benzene rings is 2. The number of Topliss-reactive ketones (excluding diaryl/α,β-unsaturated/α-hetero) is 1. The Kier molecular flexibility index (Phi) is 5.71. The lowest BCUT2D eigenvalue weighted by Crippen LogP contribution is -2.22. The fourth-order valence-electron chi connectivity index (χ4n) is 2.41. The van der Waals surface area contributed by atoms with Gasteiger partial charge in [-0.1, -0.05) is 53.7 Å². The van der Waals surface area contributed by atoms with Gasteiger partial charge in [-0.3, -0.25) is 14.7 Å². The SMILES string of the molecule is CC(=O)c1cccc(NC(=O)[C@H](C)Sc2n[nH]c(-c3ccc(C)cc3)n2)c1. The average Bonchev–Trinajstić information content (AvgIpc) is 3.11. The van der Waals surface area contributed by atoms with Gasteiger partial charge in [-0.05, 0) is 32.9 Å². The predicted molar refractivity (Wildman–Crippen MR) is 107 cm³/mol. The van der Waals surface area contributed by atoms with Gasteiger partial charge in [-0.2, -0.15) is 0 Å². The van der Waals surface area contributed by atoms with Crippen molar-refractivity contribution in [1.29, 1.82) is 0 Å². The van der Waals surface area contributed by atoms with E-state index in [9.17, 15) is 9.59 Å². The summed E-state index contributed by atoms with van der Waals surface area (Å²) in [6, 6.07) is 14.9. The Morgan fingerprint density at radius 2 is 1.89 bits per heavy atom. The van der Waals surface area contributed by atoms with Gasteiger partial charge in [-0.15, -0.1) is 5.10 Å². The van der Waals surface area contributed by atoms with E-state index in [0.717, 1.165) is 5.56 Å². The molecule has 3 rings (SSSR count). The lowest BCUT2D eigenvalue weighted by atomic mass is 10.1. The molecule has 0 bridgehead atoms. The number of ketones is 1. The van der Waals surface area contributed by atoms with E-state index in [2.05, 4.69) is 20.5 Å². The topological polar surface area (TPSA) is 87.7 Å². The van der Waals surface area contributed by atoms with Crippen LogP contribution in [0.1, 0.15) is 29.8 Å². The maximum atomic E-state index is 12.4. The molecule has 1 atom stereocenters. The quantitative estimate of drug-likeness (QED) is 0.496. The van der Waals surface area contributed by atoms with Gasteiger partial charge in [0.2, 0.25) is 11.1 Å². The number of hydrogen-bond donors (Lipinski definition) is 2. The first-order valence-corrected chi connectivity index (χ1v) is 9.38. The molecule has 0 aliphatic heterocycles. The highest BCUT2D eigenvalue weighted by Crippen LogP contribution is 2.24. The number of nitrogens with one attached hydrogen (secondary N) is 2. The molecule has 0 aliphatic rings. The minimum Gasteiger partial charge on any atom is -0.325 e. The second-order valence-corrected chi connectivity index (χ2v) is 7.53. The van der Waals surface area contributed by atoms with Crippen LogP contribution in [-0.2, 0) is 4.79 Å². The summed E-state index contributed by atoms with van der Waals surface area (Å²) in [4.78, 5) is 28.3. The number of nitrogens with zero attached hydrogens (tertiary/aromatic N) is 2. The molecular formula is C20H20N4O2S. The van der Waals surface area contributed by atoms with Crippen molar-refractivity contribution in [1.82, 2.24) is 15.2 Å². The number of amides is 1. The number of anilines is 1. The van der Waals surface area contributed by atoms with Crippen LogP contribution in [0.15, 0.2) is 53.7 Å². The minimum absolute atomic E-state index is 0.0436. The molecule has 1 heterocycles. The van der Waals surface area contributed by atoms with Gasteiger partial charge in [0.05, 0.1) is 5.25 Å². The van der Waals surface area contributed by atoms with Gasteiger partial charge in [-0.25, -0.2) is 4.98 Å². The molecule has 0 saturated carbocycles. The monoisotopic (exact) mass is 380 g/mol. The second kappa shape index (κ2) is 8.18. The zero-order valence-corrected chi connectivity index (χ0v) is 16.1. The molecule has 0 radical (unpaired) electrons. The van der Waals surface area contributed by atoms with Crippen LogP contribution in [-0.4, -0.2) is 32.1 Å². The zero-order chi connectivity index (χ0) is 19.4.